The van der Waals surface area contributed by atoms with Crippen molar-refractivity contribution in [2.24, 2.45) is 5.41 Å². The lowest BCUT2D eigenvalue weighted by Gasteiger charge is -2.30. The third kappa shape index (κ3) is 5.04. The second-order valence-electron chi connectivity index (χ2n) is 5.79. The highest BCUT2D eigenvalue weighted by Crippen LogP contribution is 2.13. The molecule has 0 saturated heterocycles. The minimum atomic E-state index is -0.578. The van der Waals surface area contributed by atoms with Gasteiger partial charge in [0.25, 0.3) is 0 Å². The van der Waals surface area contributed by atoms with Gasteiger partial charge in [0.05, 0.1) is 6.61 Å². The lowest BCUT2D eigenvalue weighted by Crippen LogP contribution is -2.52. The molecule has 2 amide bonds. The van der Waals surface area contributed by atoms with Gasteiger partial charge in [0.1, 0.15) is 6.04 Å². The molecule has 0 rings (SSSR count). The van der Waals surface area contributed by atoms with Crippen molar-refractivity contribution in [3.05, 3.63) is 0 Å². The first-order valence-corrected chi connectivity index (χ1v) is 6.33. The van der Waals surface area contributed by atoms with Crippen LogP contribution in [0.4, 0.5) is 0 Å². The Labute approximate surface area is 110 Å². The Hall–Kier alpha value is -1.10. The average molecular weight is 258 g/mol. The zero-order chi connectivity index (χ0) is 14.5. The Morgan fingerprint density at radius 3 is 2.06 bits per heavy atom. The van der Waals surface area contributed by atoms with Crippen molar-refractivity contribution < 1.29 is 14.7 Å². The number of amides is 2. The minimum absolute atomic E-state index is 0.00126. The van der Waals surface area contributed by atoms with E-state index in [2.05, 4.69) is 5.32 Å². The first kappa shape index (κ1) is 16.9. The summed E-state index contributed by atoms with van der Waals surface area (Å²) in [6, 6.07) is -0.579. The van der Waals surface area contributed by atoms with Crippen molar-refractivity contribution in [3.63, 3.8) is 0 Å². The van der Waals surface area contributed by atoms with Gasteiger partial charge in [-0.05, 0) is 20.8 Å². The highest BCUT2D eigenvalue weighted by molar-refractivity contribution is 5.89. The molecule has 5 heteroatoms. The first-order chi connectivity index (χ1) is 8.11. The monoisotopic (exact) mass is 258 g/mol. The van der Waals surface area contributed by atoms with Gasteiger partial charge in [0, 0.05) is 18.0 Å². The van der Waals surface area contributed by atoms with Crippen LogP contribution in [0.5, 0.6) is 0 Å². The summed E-state index contributed by atoms with van der Waals surface area (Å²) in [6.45, 7) is 11.0. The first-order valence-electron chi connectivity index (χ1n) is 6.33. The van der Waals surface area contributed by atoms with Gasteiger partial charge < -0.3 is 15.3 Å². The van der Waals surface area contributed by atoms with E-state index in [9.17, 15) is 9.59 Å². The number of hydrogen-bond acceptors (Lipinski definition) is 3. The Bertz CT molecular complexity index is 295. The van der Waals surface area contributed by atoms with E-state index < -0.39 is 11.5 Å². The second-order valence-corrected chi connectivity index (χ2v) is 5.79. The molecule has 0 spiro atoms. The van der Waals surface area contributed by atoms with Gasteiger partial charge in [-0.1, -0.05) is 20.8 Å². The fourth-order valence-electron chi connectivity index (χ4n) is 1.45. The molecule has 0 aromatic heterocycles. The summed E-state index contributed by atoms with van der Waals surface area (Å²) in [7, 11) is 0. The highest BCUT2D eigenvalue weighted by atomic mass is 16.3. The van der Waals surface area contributed by atoms with Crippen molar-refractivity contribution in [1.29, 1.82) is 0 Å². The Balaban J connectivity index is 4.63. The predicted molar refractivity (Wildman–Crippen MR) is 71.0 cm³/mol. The summed E-state index contributed by atoms with van der Waals surface area (Å²) in [4.78, 5) is 25.5. The lowest BCUT2D eigenvalue weighted by atomic mass is 9.95. The van der Waals surface area contributed by atoms with Crippen LogP contribution in [0.15, 0.2) is 0 Å². The van der Waals surface area contributed by atoms with Gasteiger partial charge in [-0.15, -0.1) is 0 Å². The van der Waals surface area contributed by atoms with Gasteiger partial charge in [0.2, 0.25) is 11.8 Å². The number of carbonyl (C=O) groups is 2. The molecule has 106 valence electrons. The predicted octanol–water partition coefficient (Wildman–Crippen LogP) is 0.766. The van der Waals surface area contributed by atoms with Crippen LogP contribution in [0.3, 0.4) is 0 Å². The van der Waals surface area contributed by atoms with Crippen LogP contribution in [0.25, 0.3) is 0 Å². The summed E-state index contributed by atoms with van der Waals surface area (Å²) in [6.07, 6.45) is 0. The minimum Gasteiger partial charge on any atom is -0.395 e. The second kappa shape index (κ2) is 6.73. The topological polar surface area (TPSA) is 69.6 Å². The third-order valence-electron chi connectivity index (χ3n) is 2.65. The molecule has 18 heavy (non-hydrogen) atoms. The summed E-state index contributed by atoms with van der Waals surface area (Å²) >= 11 is 0. The van der Waals surface area contributed by atoms with Gasteiger partial charge >= 0.3 is 0 Å². The van der Waals surface area contributed by atoms with Crippen LogP contribution in [0, 0.1) is 5.41 Å². The van der Waals surface area contributed by atoms with E-state index in [1.807, 2.05) is 13.8 Å². The van der Waals surface area contributed by atoms with Crippen LogP contribution in [0.2, 0.25) is 0 Å². The van der Waals surface area contributed by atoms with Crippen molar-refractivity contribution in [2.45, 2.75) is 53.6 Å². The van der Waals surface area contributed by atoms with Crippen molar-refractivity contribution in [1.82, 2.24) is 10.2 Å². The summed E-state index contributed by atoms with van der Waals surface area (Å²) in [5.41, 5.74) is -0.520. The molecule has 0 fully saturated rings. The van der Waals surface area contributed by atoms with E-state index in [1.165, 1.54) is 0 Å². The summed E-state index contributed by atoms with van der Waals surface area (Å²) in [5, 5.41) is 11.6. The maximum Gasteiger partial charge on any atom is 0.245 e. The number of nitrogens with zero attached hydrogens (tertiary/aromatic N) is 1. The molecule has 2 N–H and O–H groups in total. The molecule has 5 nitrogen and oxygen atoms in total. The van der Waals surface area contributed by atoms with Crippen molar-refractivity contribution in [3.8, 4) is 0 Å². The summed E-state index contributed by atoms with van der Waals surface area (Å²) in [5.74, 6) is -0.326. The highest BCUT2D eigenvalue weighted by Gasteiger charge is 2.28. The molecule has 0 bridgehead atoms. The van der Waals surface area contributed by atoms with E-state index in [4.69, 9.17) is 5.11 Å². The van der Waals surface area contributed by atoms with E-state index in [0.717, 1.165) is 0 Å². The molecule has 1 atom stereocenters. The molecule has 0 aromatic rings. The molecule has 0 heterocycles. The zero-order valence-electron chi connectivity index (χ0n) is 12.3. The molecule has 0 radical (unpaired) electrons. The van der Waals surface area contributed by atoms with Crippen molar-refractivity contribution in [2.75, 3.05) is 13.2 Å². The standard InChI is InChI=1S/C13H26N2O3/c1-9(2)15(7-8-16)11(17)10(3)14-12(18)13(4,5)6/h9-10,16H,7-8H2,1-6H3,(H,14,18). The molecule has 1 unspecified atom stereocenters. The van der Waals surface area contributed by atoms with Crippen LogP contribution in [-0.4, -0.2) is 47.1 Å². The summed E-state index contributed by atoms with van der Waals surface area (Å²) < 4.78 is 0. The van der Waals surface area contributed by atoms with E-state index >= 15 is 0 Å². The molecule has 0 aromatic carbocycles. The molecular formula is C13H26N2O3. The molecule has 0 aliphatic carbocycles. The molecule has 0 aliphatic heterocycles. The molecule has 0 aliphatic rings. The molecular weight excluding hydrogens is 232 g/mol. The maximum atomic E-state index is 12.1. The zero-order valence-corrected chi connectivity index (χ0v) is 12.3. The van der Waals surface area contributed by atoms with Crippen LogP contribution < -0.4 is 5.32 Å². The van der Waals surface area contributed by atoms with Crippen LogP contribution >= 0.6 is 0 Å². The normalized spacial score (nSPS) is 13.3. The van der Waals surface area contributed by atoms with Gasteiger partial charge in [-0.3, -0.25) is 9.59 Å². The largest absolute Gasteiger partial charge is 0.395 e. The number of aliphatic hydroxyl groups excluding tert-OH is 1. The van der Waals surface area contributed by atoms with Crippen molar-refractivity contribution >= 4 is 11.8 Å². The molecule has 0 saturated carbocycles. The van der Waals surface area contributed by atoms with E-state index in [1.54, 1.807) is 32.6 Å². The van der Waals surface area contributed by atoms with Crippen LogP contribution in [-0.2, 0) is 9.59 Å². The number of rotatable bonds is 5. The quantitative estimate of drug-likeness (QED) is 0.765. The van der Waals surface area contributed by atoms with E-state index in [-0.39, 0.29) is 31.0 Å². The Morgan fingerprint density at radius 2 is 1.72 bits per heavy atom. The smallest absolute Gasteiger partial charge is 0.245 e. The number of aliphatic hydroxyl groups is 1. The van der Waals surface area contributed by atoms with E-state index in [0.29, 0.717) is 0 Å². The fraction of sp³-hybridized carbons (Fsp3) is 0.846. The number of nitrogens with one attached hydrogen (secondary N) is 1. The number of hydrogen-bond donors (Lipinski definition) is 2. The van der Waals surface area contributed by atoms with Gasteiger partial charge in [0.15, 0.2) is 0 Å². The third-order valence-corrected chi connectivity index (χ3v) is 2.65. The number of carbonyl (C=O) groups excluding carboxylic acids is 2. The van der Waals surface area contributed by atoms with Gasteiger partial charge in [-0.2, -0.15) is 0 Å². The SMILES string of the molecule is CC(NC(=O)C(C)(C)C)C(=O)N(CCO)C(C)C. The van der Waals surface area contributed by atoms with Gasteiger partial charge in [-0.25, -0.2) is 0 Å². The Morgan fingerprint density at radius 1 is 1.22 bits per heavy atom. The maximum absolute atomic E-state index is 12.1. The average Bonchev–Trinajstić information content (AvgIpc) is 2.22. The fourth-order valence-corrected chi connectivity index (χ4v) is 1.45. The van der Waals surface area contributed by atoms with Crippen LogP contribution in [0.1, 0.15) is 41.5 Å². The lowest BCUT2D eigenvalue weighted by molar-refractivity contribution is -0.139. The Kier molecular flexibility index (Phi) is 6.32.